The molecule has 2 bridgehead atoms. The second-order valence-electron chi connectivity index (χ2n) is 6.02. The van der Waals surface area contributed by atoms with E-state index in [0.717, 1.165) is 12.8 Å². The first kappa shape index (κ1) is 10.2. The van der Waals surface area contributed by atoms with Gasteiger partial charge < -0.3 is 5.11 Å². The van der Waals surface area contributed by atoms with Crippen LogP contribution in [0.25, 0.3) is 0 Å². The van der Waals surface area contributed by atoms with Crippen LogP contribution in [0.1, 0.15) is 46.5 Å². The van der Waals surface area contributed by atoms with Crippen LogP contribution in [-0.4, -0.2) is 10.7 Å². The lowest BCUT2D eigenvalue weighted by molar-refractivity contribution is -0.0866. The molecule has 1 heteroatoms. The summed E-state index contributed by atoms with van der Waals surface area (Å²) < 4.78 is 0. The van der Waals surface area contributed by atoms with Gasteiger partial charge in [0.25, 0.3) is 0 Å². The number of hydrogen-bond acceptors (Lipinski definition) is 1. The Kier molecular flexibility index (Phi) is 1.92. The number of rotatable bonds is 2. The highest BCUT2D eigenvalue weighted by molar-refractivity contribution is 5.18. The second-order valence-corrected chi connectivity index (χ2v) is 6.02. The summed E-state index contributed by atoms with van der Waals surface area (Å²) in [6.45, 7) is 10.7. The second kappa shape index (κ2) is 2.63. The van der Waals surface area contributed by atoms with Crippen LogP contribution in [0.15, 0.2) is 12.7 Å². The highest BCUT2D eigenvalue weighted by atomic mass is 16.3. The standard InChI is InChI=1S/C13H22O/c1-5-7-13(14)9-10-6-8-12(13,4)11(10,2)3/h5,10,14H,1,6-9H2,2-4H3/t10-,12-,13-/m1/s1. The van der Waals surface area contributed by atoms with Crippen molar-refractivity contribution in [2.24, 2.45) is 16.7 Å². The van der Waals surface area contributed by atoms with E-state index in [1.165, 1.54) is 12.8 Å². The van der Waals surface area contributed by atoms with Gasteiger partial charge in [0, 0.05) is 5.41 Å². The average Bonchev–Trinajstić information content (AvgIpc) is 2.36. The largest absolute Gasteiger partial charge is 0.389 e. The van der Waals surface area contributed by atoms with E-state index in [1.807, 2.05) is 6.08 Å². The molecule has 0 aromatic heterocycles. The predicted molar refractivity (Wildman–Crippen MR) is 59.0 cm³/mol. The molecule has 1 N–H and O–H groups in total. The van der Waals surface area contributed by atoms with E-state index in [9.17, 15) is 5.11 Å². The summed E-state index contributed by atoms with van der Waals surface area (Å²) in [5.74, 6) is 0.706. The van der Waals surface area contributed by atoms with Crippen LogP contribution in [0.3, 0.4) is 0 Å². The first-order chi connectivity index (χ1) is 6.37. The van der Waals surface area contributed by atoms with E-state index in [0.29, 0.717) is 11.3 Å². The summed E-state index contributed by atoms with van der Waals surface area (Å²) in [7, 11) is 0. The summed E-state index contributed by atoms with van der Waals surface area (Å²) in [6.07, 6.45) is 6.08. The van der Waals surface area contributed by atoms with E-state index >= 15 is 0 Å². The van der Waals surface area contributed by atoms with Gasteiger partial charge in [-0.2, -0.15) is 0 Å². The molecule has 80 valence electrons. The van der Waals surface area contributed by atoms with E-state index in [4.69, 9.17) is 0 Å². The molecule has 1 nitrogen and oxygen atoms in total. The highest BCUT2D eigenvalue weighted by Gasteiger charge is 2.67. The van der Waals surface area contributed by atoms with Gasteiger partial charge in [0.1, 0.15) is 0 Å². The third kappa shape index (κ3) is 0.894. The van der Waals surface area contributed by atoms with Gasteiger partial charge in [-0.3, -0.25) is 0 Å². The quantitative estimate of drug-likeness (QED) is 0.670. The van der Waals surface area contributed by atoms with Crippen molar-refractivity contribution in [3.8, 4) is 0 Å². The molecule has 3 atom stereocenters. The molecule has 0 aliphatic heterocycles. The molecule has 2 aliphatic rings. The van der Waals surface area contributed by atoms with Crippen LogP contribution in [-0.2, 0) is 0 Å². The zero-order valence-electron chi connectivity index (χ0n) is 9.64. The fraction of sp³-hybridized carbons (Fsp3) is 0.846. The maximum atomic E-state index is 10.7. The van der Waals surface area contributed by atoms with Crippen molar-refractivity contribution in [2.45, 2.75) is 52.1 Å². The topological polar surface area (TPSA) is 20.2 Å². The van der Waals surface area contributed by atoms with E-state index < -0.39 is 5.60 Å². The molecular weight excluding hydrogens is 172 g/mol. The maximum absolute atomic E-state index is 10.7. The normalized spacial score (nSPS) is 49.6. The molecule has 0 heterocycles. The zero-order chi connectivity index (χ0) is 10.6. The van der Waals surface area contributed by atoms with Gasteiger partial charge in [-0.1, -0.05) is 26.8 Å². The van der Waals surface area contributed by atoms with Crippen LogP contribution >= 0.6 is 0 Å². The van der Waals surface area contributed by atoms with Crippen molar-refractivity contribution < 1.29 is 5.11 Å². The SMILES string of the molecule is C=CC[C@@]1(O)C[C@H]2CC[C@]1(C)C2(C)C. The summed E-state index contributed by atoms with van der Waals surface area (Å²) >= 11 is 0. The third-order valence-electron chi connectivity index (χ3n) is 5.53. The van der Waals surface area contributed by atoms with E-state index in [1.54, 1.807) is 0 Å². The van der Waals surface area contributed by atoms with Gasteiger partial charge in [-0.15, -0.1) is 6.58 Å². The van der Waals surface area contributed by atoms with Crippen LogP contribution in [0.2, 0.25) is 0 Å². The van der Waals surface area contributed by atoms with Gasteiger partial charge in [0.05, 0.1) is 5.60 Å². The molecule has 0 spiro atoms. The number of hydrogen-bond donors (Lipinski definition) is 1. The average molecular weight is 194 g/mol. The Morgan fingerprint density at radius 3 is 2.43 bits per heavy atom. The fourth-order valence-electron chi connectivity index (χ4n) is 3.97. The lowest BCUT2D eigenvalue weighted by atomic mass is 9.63. The van der Waals surface area contributed by atoms with Crippen LogP contribution in [0, 0.1) is 16.7 Å². The predicted octanol–water partition coefficient (Wildman–Crippen LogP) is 3.14. The number of fused-ring (bicyclic) bond motifs is 2. The maximum Gasteiger partial charge on any atom is 0.0743 e. The van der Waals surface area contributed by atoms with Gasteiger partial charge in [0.15, 0.2) is 0 Å². The minimum atomic E-state index is -0.485. The van der Waals surface area contributed by atoms with E-state index in [-0.39, 0.29) is 5.41 Å². The summed E-state index contributed by atoms with van der Waals surface area (Å²) in [6, 6.07) is 0. The lowest BCUT2D eigenvalue weighted by Gasteiger charge is -2.45. The molecule has 2 rings (SSSR count). The Balaban J connectivity index is 2.39. The molecule has 0 radical (unpaired) electrons. The summed E-state index contributed by atoms with van der Waals surface area (Å²) in [5.41, 5.74) is -0.0925. The van der Waals surface area contributed by atoms with Crippen LogP contribution in [0.4, 0.5) is 0 Å². The van der Waals surface area contributed by atoms with Gasteiger partial charge in [-0.05, 0) is 37.0 Å². The first-order valence-corrected chi connectivity index (χ1v) is 5.71. The molecule has 0 saturated heterocycles. The Bertz CT molecular complexity index is 268. The Morgan fingerprint density at radius 2 is 2.07 bits per heavy atom. The van der Waals surface area contributed by atoms with Crippen molar-refractivity contribution in [2.75, 3.05) is 0 Å². The molecule has 0 amide bonds. The Morgan fingerprint density at radius 1 is 1.43 bits per heavy atom. The molecule has 2 fully saturated rings. The Hall–Kier alpha value is -0.300. The third-order valence-corrected chi connectivity index (χ3v) is 5.53. The van der Waals surface area contributed by atoms with Crippen LogP contribution < -0.4 is 0 Å². The summed E-state index contributed by atoms with van der Waals surface area (Å²) in [4.78, 5) is 0. The molecule has 0 unspecified atom stereocenters. The van der Waals surface area contributed by atoms with Gasteiger partial charge >= 0.3 is 0 Å². The molecule has 0 aromatic carbocycles. The van der Waals surface area contributed by atoms with Crippen molar-refractivity contribution >= 4 is 0 Å². The van der Waals surface area contributed by atoms with Crippen molar-refractivity contribution in [1.29, 1.82) is 0 Å². The monoisotopic (exact) mass is 194 g/mol. The molecule has 0 aromatic rings. The first-order valence-electron chi connectivity index (χ1n) is 5.71. The molecule has 2 saturated carbocycles. The van der Waals surface area contributed by atoms with E-state index in [2.05, 4.69) is 27.4 Å². The fourth-order valence-corrected chi connectivity index (χ4v) is 3.97. The summed E-state index contributed by atoms with van der Waals surface area (Å²) in [5, 5.41) is 10.7. The molecular formula is C13H22O. The van der Waals surface area contributed by atoms with Crippen molar-refractivity contribution in [3.63, 3.8) is 0 Å². The van der Waals surface area contributed by atoms with Gasteiger partial charge in [-0.25, -0.2) is 0 Å². The Labute approximate surface area is 87.2 Å². The zero-order valence-corrected chi connectivity index (χ0v) is 9.64. The smallest absolute Gasteiger partial charge is 0.0743 e. The minimum Gasteiger partial charge on any atom is -0.389 e. The molecule has 2 aliphatic carbocycles. The number of aliphatic hydroxyl groups is 1. The van der Waals surface area contributed by atoms with Crippen molar-refractivity contribution in [3.05, 3.63) is 12.7 Å². The van der Waals surface area contributed by atoms with Gasteiger partial charge in [0.2, 0.25) is 0 Å². The van der Waals surface area contributed by atoms with Crippen molar-refractivity contribution in [1.82, 2.24) is 0 Å². The minimum absolute atomic E-state index is 0.0961. The lowest BCUT2D eigenvalue weighted by Crippen LogP contribution is -2.46. The van der Waals surface area contributed by atoms with Crippen LogP contribution in [0.5, 0.6) is 0 Å². The molecule has 14 heavy (non-hydrogen) atoms. The highest BCUT2D eigenvalue weighted by Crippen LogP contribution is 2.70.